The summed E-state index contributed by atoms with van der Waals surface area (Å²) < 4.78 is 26.3. The van der Waals surface area contributed by atoms with Crippen LogP contribution in [0.25, 0.3) is 0 Å². The van der Waals surface area contributed by atoms with E-state index in [1.54, 1.807) is 42.5 Å². The van der Waals surface area contributed by atoms with Gasteiger partial charge in [0.2, 0.25) is 15.7 Å². The molecule has 2 N–H and O–H groups in total. The molecule has 0 saturated heterocycles. The number of hydrogen-bond acceptors (Lipinski definition) is 4. The molecule has 0 fully saturated rings. The minimum absolute atomic E-state index is 0.0376. The summed E-state index contributed by atoms with van der Waals surface area (Å²) >= 11 is 0. The van der Waals surface area contributed by atoms with Gasteiger partial charge < -0.3 is 10.6 Å². The van der Waals surface area contributed by atoms with E-state index in [9.17, 15) is 13.2 Å². The van der Waals surface area contributed by atoms with Crippen LogP contribution in [-0.2, 0) is 21.1 Å². The van der Waals surface area contributed by atoms with Gasteiger partial charge in [0.1, 0.15) is 0 Å². The van der Waals surface area contributed by atoms with Crippen LogP contribution in [0.15, 0.2) is 82.6 Å². The summed E-state index contributed by atoms with van der Waals surface area (Å²) in [6, 6.07) is 21.1. The summed E-state index contributed by atoms with van der Waals surface area (Å²) in [4.78, 5) is 12.8. The van der Waals surface area contributed by atoms with Crippen LogP contribution < -0.4 is 10.6 Å². The number of nitrogens with one attached hydrogen (secondary N) is 2. The number of rotatable bonds is 7. The fourth-order valence-electron chi connectivity index (χ4n) is 3.09. The Bertz CT molecular complexity index is 1090. The van der Waals surface area contributed by atoms with Gasteiger partial charge in [-0.15, -0.1) is 0 Å². The van der Waals surface area contributed by atoms with Crippen LogP contribution in [0.5, 0.6) is 0 Å². The Morgan fingerprint density at radius 3 is 2.24 bits per heavy atom. The zero-order valence-corrected chi connectivity index (χ0v) is 17.3. The molecular formula is C23H24N2O3S. The number of benzene rings is 3. The second-order valence-corrected chi connectivity index (χ2v) is 8.64. The average molecular weight is 409 g/mol. The molecule has 0 atom stereocenters. The van der Waals surface area contributed by atoms with Crippen molar-refractivity contribution >= 4 is 27.1 Å². The number of anilines is 2. The van der Waals surface area contributed by atoms with E-state index >= 15 is 0 Å². The second kappa shape index (κ2) is 8.92. The molecule has 150 valence electrons. The van der Waals surface area contributed by atoms with Gasteiger partial charge in [-0.2, -0.15) is 0 Å². The van der Waals surface area contributed by atoms with Crippen molar-refractivity contribution in [1.82, 2.24) is 0 Å². The van der Waals surface area contributed by atoms with Gasteiger partial charge in [0.25, 0.3) is 0 Å². The Kier molecular flexibility index (Phi) is 6.34. The van der Waals surface area contributed by atoms with Crippen molar-refractivity contribution in [3.63, 3.8) is 0 Å². The molecule has 0 saturated carbocycles. The van der Waals surface area contributed by atoms with E-state index in [1.165, 1.54) is 0 Å². The van der Waals surface area contributed by atoms with Crippen molar-refractivity contribution < 1.29 is 13.2 Å². The van der Waals surface area contributed by atoms with Crippen molar-refractivity contribution in [3.05, 3.63) is 83.9 Å². The van der Waals surface area contributed by atoms with E-state index in [2.05, 4.69) is 10.6 Å². The van der Waals surface area contributed by atoms with E-state index in [4.69, 9.17) is 0 Å². The lowest BCUT2D eigenvalue weighted by Gasteiger charge is -2.16. The first-order valence-electron chi connectivity index (χ1n) is 9.44. The third-order valence-corrected chi connectivity index (χ3v) is 6.46. The number of sulfone groups is 1. The molecule has 3 rings (SSSR count). The highest BCUT2D eigenvalue weighted by atomic mass is 32.2. The molecule has 3 aromatic carbocycles. The van der Waals surface area contributed by atoms with Crippen molar-refractivity contribution in [3.8, 4) is 0 Å². The number of hydrogen-bond donors (Lipinski definition) is 2. The predicted molar refractivity (Wildman–Crippen MR) is 116 cm³/mol. The van der Waals surface area contributed by atoms with E-state index in [-0.39, 0.29) is 22.2 Å². The van der Waals surface area contributed by atoms with Crippen LogP contribution in [0.3, 0.4) is 0 Å². The van der Waals surface area contributed by atoms with Crippen LogP contribution in [-0.4, -0.2) is 20.9 Å². The monoisotopic (exact) mass is 408 g/mol. The molecule has 6 heteroatoms. The summed E-state index contributed by atoms with van der Waals surface area (Å²) in [5.74, 6) is -0.204. The van der Waals surface area contributed by atoms with Gasteiger partial charge in [0.15, 0.2) is 0 Å². The van der Waals surface area contributed by atoms with Gasteiger partial charge in [0, 0.05) is 11.4 Å². The predicted octanol–water partition coefficient (Wildman–Crippen LogP) is 4.44. The summed E-state index contributed by atoms with van der Waals surface area (Å²) in [6.45, 7) is 3.85. The number of para-hydroxylation sites is 1. The number of aryl methyl sites for hydroxylation is 1. The molecule has 0 bridgehead atoms. The molecule has 0 aliphatic rings. The van der Waals surface area contributed by atoms with Crippen molar-refractivity contribution in [2.75, 3.05) is 17.2 Å². The van der Waals surface area contributed by atoms with Crippen LogP contribution >= 0.6 is 0 Å². The first kappa shape index (κ1) is 20.6. The summed E-state index contributed by atoms with van der Waals surface area (Å²) in [5, 5.41) is 5.89. The van der Waals surface area contributed by atoms with Gasteiger partial charge in [-0.3, -0.25) is 4.79 Å². The lowest BCUT2D eigenvalue weighted by molar-refractivity contribution is -0.114. The molecule has 5 nitrogen and oxygen atoms in total. The molecule has 0 unspecified atom stereocenters. The van der Waals surface area contributed by atoms with E-state index in [1.807, 2.05) is 44.2 Å². The van der Waals surface area contributed by atoms with Crippen LogP contribution in [0, 0.1) is 6.92 Å². The van der Waals surface area contributed by atoms with Gasteiger partial charge in [0.05, 0.1) is 16.3 Å². The van der Waals surface area contributed by atoms with Crippen molar-refractivity contribution in [2.45, 2.75) is 30.1 Å². The van der Waals surface area contributed by atoms with Crippen LogP contribution in [0.2, 0.25) is 0 Å². The molecule has 29 heavy (non-hydrogen) atoms. The van der Waals surface area contributed by atoms with Crippen molar-refractivity contribution in [2.24, 2.45) is 0 Å². The molecule has 3 aromatic rings. The summed E-state index contributed by atoms with van der Waals surface area (Å²) in [6.07, 6.45) is 0.518. The molecule has 0 heterocycles. The Labute approximate surface area is 171 Å². The lowest BCUT2D eigenvalue weighted by atomic mass is 10.1. The summed E-state index contributed by atoms with van der Waals surface area (Å²) in [5.41, 5.74) is 3.02. The molecule has 0 spiro atoms. The Hall–Kier alpha value is -3.12. The number of carbonyl (C=O) groups is 1. The fraction of sp³-hybridized carbons (Fsp3) is 0.174. The molecule has 0 aliphatic carbocycles. The fourth-order valence-corrected chi connectivity index (χ4v) is 4.68. The van der Waals surface area contributed by atoms with Gasteiger partial charge in [-0.05, 0) is 55.3 Å². The quantitative estimate of drug-likeness (QED) is 0.606. The highest BCUT2D eigenvalue weighted by Crippen LogP contribution is 2.29. The highest BCUT2D eigenvalue weighted by Gasteiger charge is 2.22. The standard InChI is InChI=1S/C23H24N2O3S/c1-3-20-21(24-16-23(26)25-18-8-5-4-6-9-18)10-7-11-22(20)29(27,28)19-14-12-17(2)13-15-19/h4-15,24H,3,16H2,1-2H3,(H,25,26). The Morgan fingerprint density at radius 1 is 0.897 bits per heavy atom. The first-order chi connectivity index (χ1) is 13.9. The van der Waals surface area contributed by atoms with E-state index < -0.39 is 9.84 Å². The maximum Gasteiger partial charge on any atom is 0.243 e. The Balaban J connectivity index is 1.82. The second-order valence-electron chi connectivity index (χ2n) is 6.72. The normalized spacial score (nSPS) is 11.1. The van der Waals surface area contributed by atoms with E-state index in [0.29, 0.717) is 23.4 Å². The minimum atomic E-state index is -3.65. The lowest BCUT2D eigenvalue weighted by Crippen LogP contribution is -2.22. The summed E-state index contributed by atoms with van der Waals surface area (Å²) in [7, 11) is -3.65. The topological polar surface area (TPSA) is 75.3 Å². The number of carbonyl (C=O) groups excluding carboxylic acids is 1. The molecule has 1 amide bonds. The largest absolute Gasteiger partial charge is 0.376 e. The zero-order valence-electron chi connectivity index (χ0n) is 16.5. The third kappa shape index (κ3) is 4.84. The highest BCUT2D eigenvalue weighted by molar-refractivity contribution is 7.91. The SMILES string of the molecule is CCc1c(NCC(=O)Nc2ccccc2)cccc1S(=O)(=O)c1ccc(C)cc1. The van der Waals surface area contributed by atoms with E-state index in [0.717, 1.165) is 5.56 Å². The first-order valence-corrected chi connectivity index (χ1v) is 10.9. The number of amides is 1. The van der Waals surface area contributed by atoms with Gasteiger partial charge in [-0.1, -0.05) is 48.9 Å². The maximum absolute atomic E-state index is 13.1. The van der Waals surface area contributed by atoms with Crippen molar-refractivity contribution in [1.29, 1.82) is 0 Å². The van der Waals surface area contributed by atoms with Crippen LogP contribution in [0.4, 0.5) is 11.4 Å². The molecule has 0 aliphatic heterocycles. The molecule has 0 radical (unpaired) electrons. The van der Waals surface area contributed by atoms with Gasteiger partial charge >= 0.3 is 0 Å². The van der Waals surface area contributed by atoms with Gasteiger partial charge in [-0.25, -0.2) is 8.42 Å². The van der Waals surface area contributed by atoms with Crippen LogP contribution in [0.1, 0.15) is 18.1 Å². The third-order valence-electron chi connectivity index (χ3n) is 4.60. The maximum atomic E-state index is 13.1. The zero-order chi connectivity index (χ0) is 20.9. The smallest absolute Gasteiger partial charge is 0.243 e. The molecule has 0 aromatic heterocycles. The molecular weight excluding hydrogens is 384 g/mol. The minimum Gasteiger partial charge on any atom is -0.376 e. The average Bonchev–Trinajstić information content (AvgIpc) is 2.73. The Morgan fingerprint density at radius 2 is 1.59 bits per heavy atom.